The van der Waals surface area contributed by atoms with Crippen LogP contribution < -0.4 is 17.0 Å². The van der Waals surface area contributed by atoms with E-state index < -0.39 is 0 Å². The van der Waals surface area contributed by atoms with E-state index >= 15 is 0 Å². The van der Waals surface area contributed by atoms with Gasteiger partial charge in [-0.3, -0.25) is 5.84 Å². The van der Waals surface area contributed by atoms with Crippen LogP contribution in [0.2, 0.25) is 0 Å². The van der Waals surface area contributed by atoms with Gasteiger partial charge in [-0.1, -0.05) is 19.9 Å². The summed E-state index contributed by atoms with van der Waals surface area (Å²) in [5, 5.41) is 0. The highest BCUT2D eigenvalue weighted by atomic mass is 16.5. The maximum absolute atomic E-state index is 5.90. The number of methoxy groups -OCH3 is 1. The van der Waals surface area contributed by atoms with Crippen molar-refractivity contribution in [3.05, 3.63) is 23.9 Å². The molecule has 0 aromatic carbocycles. The molecule has 0 fully saturated rings. The molecule has 1 aromatic heterocycles. The third-order valence-corrected chi connectivity index (χ3v) is 3.48. The largest absolute Gasteiger partial charge is 0.383 e. The van der Waals surface area contributed by atoms with Crippen molar-refractivity contribution in [2.45, 2.75) is 38.3 Å². The predicted octanol–water partition coefficient (Wildman–Crippen LogP) is 1.37. The van der Waals surface area contributed by atoms with E-state index in [4.69, 9.17) is 16.3 Å². The van der Waals surface area contributed by atoms with Gasteiger partial charge in [0.25, 0.3) is 0 Å². The van der Waals surface area contributed by atoms with E-state index in [2.05, 4.69) is 24.3 Å². The summed E-state index contributed by atoms with van der Waals surface area (Å²) in [7, 11) is 1.70. The fraction of sp³-hybridized carbons (Fsp3) is 0.583. The number of nitrogens with zero attached hydrogens (tertiary/aromatic N) is 1. The number of rotatable bonds is 6. The molecule has 0 aliphatic heterocycles. The normalized spacial score (nSPS) is 13.6. The summed E-state index contributed by atoms with van der Waals surface area (Å²) in [6, 6.07) is 3.60. The van der Waals surface area contributed by atoms with Crippen molar-refractivity contribution >= 4 is 5.82 Å². The highest BCUT2D eigenvalue weighted by Crippen LogP contribution is 2.35. The van der Waals surface area contributed by atoms with Crippen LogP contribution in [-0.4, -0.2) is 17.7 Å². The average molecular weight is 238 g/mol. The van der Waals surface area contributed by atoms with Crippen molar-refractivity contribution in [2.75, 3.05) is 12.8 Å². The maximum Gasteiger partial charge on any atom is 0.128 e. The third kappa shape index (κ3) is 2.57. The number of pyridine rings is 1. The number of hydrogen-bond acceptors (Lipinski definition) is 5. The first kappa shape index (κ1) is 13.9. The van der Waals surface area contributed by atoms with E-state index in [-0.39, 0.29) is 11.6 Å². The summed E-state index contributed by atoms with van der Waals surface area (Å²) >= 11 is 0. The molecule has 96 valence electrons. The molecule has 0 radical (unpaired) electrons. The van der Waals surface area contributed by atoms with Crippen molar-refractivity contribution in [3.63, 3.8) is 0 Å². The van der Waals surface area contributed by atoms with E-state index in [0.29, 0.717) is 5.82 Å². The highest BCUT2D eigenvalue weighted by Gasteiger charge is 2.37. The Morgan fingerprint density at radius 3 is 2.53 bits per heavy atom. The Labute approximate surface area is 103 Å². The minimum absolute atomic E-state index is 0.170. The summed E-state index contributed by atoms with van der Waals surface area (Å²) < 4.78 is 5.67. The van der Waals surface area contributed by atoms with Gasteiger partial charge in [-0.05, 0) is 18.9 Å². The van der Waals surface area contributed by atoms with Crippen LogP contribution in [-0.2, 0) is 4.74 Å². The van der Waals surface area contributed by atoms with Crippen LogP contribution in [0.5, 0.6) is 0 Å². The average Bonchev–Trinajstić information content (AvgIpc) is 2.38. The smallest absolute Gasteiger partial charge is 0.128 e. The van der Waals surface area contributed by atoms with Crippen LogP contribution in [0.3, 0.4) is 0 Å². The molecule has 5 N–H and O–H groups in total. The molecule has 0 spiro atoms. The number of nitrogen functional groups attached to an aromatic ring is 1. The van der Waals surface area contributed by atoms with Gasteiger partial charge in [0, 0.05) is 18.9 Å². The minimum Gasteiger partial charge on any atom is -0.383 e. The Morgan fingerprint density at radius 2 is 2.12 bits per heavy atom. The van der Waals surface area contributed by atoms with E-state index in [0.717, 1.165) is 18.4 Å². The quantitative estimate of drug-likeness (QED) is 0.515. The maximum atomic E-state index is 5.90. The SMILES string of the molecule is CCC(CC)(OC)C(NN)c1cccnc1N. The molecule has 1 heterocycles. The van der Waals surface area contributed by atoms with Crippen LogP contribution in [0, 0.1) is 0 Å². The van der Waals surface area contributed by atoms with E-state index in [1.807, 2.05) is 12.1 Å². The molecule has 0 saturated carbocycles. The van der Waals surface area contributed by atoms with E-state index in [1.165, 1.54) is 0 Å². The van der Waals surface area contributed by atoms with Crippen molar-refractivity contribution in [2.24, 2.45) is 5.84 Å². The van der Waals surface area contributed by atoms with Gasteiger partial charge in [0.15, 0.2) is 0 Å². The monoisotopic (exact) mass is 238 g/mol. The zero-order valence-electron chi connectivity index (χ0n) is 10.7. The minimum atomic E-state index is -0.369. The lowest BCUT2D eigenvalue weighted by atomic mass is 9.84. The van der Waals surface area contributed by atoms with Gasteiger partial charge < -0.3 is 10.5 Å². The Kier molecular flexibility index (Phi) is 4.86. The van der Waals surface area contributed by atoms with Crippen LogP contribution in [0.25, 0.3) is 0 Å². The standard InChI is InChI=1S/C12H22N4O/c1-4-12(5-2,17-3)10(16-14)9-7-6-8-15-11(9)13/h6-8,10,16H,4-5,14H2,1-3H3,(H2,13,15). The van der Waals surface area contributed by atoms with Gasteiger partial charge in [0.2, 0.25) is 0 Å². The molecule has 5 nitrogen and oxygen atoms in total. The lowest BCUT2D eigenvalue weighted by Gasteiger charge is -2.38. The molecule has 1 unspecified atom stereocenters. The number of nitrogens with one attached hydrogen (secondary N) is 1. The van der Waals surface area contributed by atoms with Crippen molar-refractivity contribution in [3.8, 4) is 0 Å². The number of nitrogens with two attached hydrogens (primary N) is 2. The summed E-state index contributed by atoms with van der Waals surface area (Å²) in [5.41, 5.74) is 9.21. The summed E-state index contributed by atoms with van der Waals surface area (Å²) in [6.07, 6.45) is 3.34. The van der Waals surface area contributed by atoms with Crippen molar-refractivity contribution in [1.29, 1.82) is 0 Å². The fourth-order valence-electron chi connectivity index (χ4n) is 2.26. The number of ether oxygens (including phenoxy) is 1. The molecule has 0 aliphatic carbocycles. The van der Waals surface area contributed by atoms with Gasteiger partial charge in [0.1, 0.15) is 5.82 Å². The molecular formula is C12H22N4O. The summed E-state index contributed by atoms with van der Waals surface area (Å²) in [4.78, 5) is 4.09. The van der Waals surface area contributed by atoms with Crippen LogP contribution in [0.1, 0.15) is 38.3 Å². The van der Waals surface area contributed by atoms with Gasteiger partial charge in [-0.15, -0.1) is 0 Å². The molecular weight excluding hydrogens is 216 g/mol. The number of hydrogen-bond donors (Lipinski definition) is 3. The first-order valence-corrected chi connectivity index (χ1v) is 5.86. The first-order chi connectivity index (χ1) is 8.15. The topological polar surface area (TPSA) is 86.2 Å². The second-order valence-corrected chi connectivity index (χ2v) is 4.05. The van der Waals surface area contributed by atoms with Crippen LogP contribution in [0.4, 0.5) is 5.82 Å². The van der Waals surface area contributed by atoms with Crippen molar-refractivity contribution < 1.29 is 4.74 Å². The van der Waals surface area contributed by atoms with E-state index in [9.17, 15) is 0 Å². The third-order valence-electron chi connectivity index (χ3n) is 3.48. The molecule has 1 aromatic rings. The molecule has 17 heavy (non-hydrogen) atoms. The Bertz CT molecular complexity index is 344. The lowest BCUT2D eigenvalue weighted by Crippen LogP contribution is -2.47. The second kappa shape index (κ2) is 5.95. The molecule has 0 amide bonds. The van der Waals surface area contributed by atoms with Gasteiger partial charge in [0.05, 0.1) is 11.6 Å². The van der Waals surface area contributed by atoms with E-state index in [1.54, 1.807) is 13.3 Å². The second-order valence-electron chi connectivity index (χ2n) is 4.05. The van der Waals surface area contributed by atoms with Crippen LogP contribution in [0.15, 0.2) is 18.3 Å². The van der Waals surface area contributed by atoms with Gasteiger partial charge in [-0.25, -0.2) is 10.4 Å². The molecule has 1 rings (SSSR count). The Morgan fingerprint density at radius 1 is 1.47 bits per heavy atom. The first-order valence-electron chi connectivity index (χ1n) is 5.86. The van der Waals surface area contributed by atoms with Gasteiger partial charge >= 0.3 is 0 Å². The molecule has 0 aliphatic rings. The molecule has 5 heteroatoms. The zero-order valence-corrected chi connectivity index (χ0v) is 10.7. The molecule has 1 atom stereocenters. The Balaban J connectivity index is 3.18. The lowest BCUT2D eigenvalue weighted by molar-refractivity contribution is -0.0485. The molecule has 0 bridgehead atoms. The number of anilines is 1. The summed E-state index contributed by atoms with van der Waals surface area (Å²) in [6.45, 7) is 4.15. The number of aromatic nitrogens is 1. The van der Waals surface area contributed by atoms with Crippen LogP contribution >= 0.6 is 0 Å². The Hall–Kier alpha value is -1.17. The highest BCUT2D eigenvalue weighted by molar-refractivity contribution is 5.42. The van der Waals surface area contributed by atoms with Crippen molar-refractivity contribution in [1.82, 2.24) is 10.4 Å². The summed E-state index contributed by atoms with van der Waals surface area (Å²) in [5.74, 6) is 6.16. The molecule has 0 saturated heterocycles. The van der Waals surface area contributed by atoms with Gasteiger partial charge in [-0.2, -0.15) is 0 Å². The number of hydrazine groups is 1. The predicted molar refractivity (Wildman–Crippen MR) is 69.0 cm³/mol. The fourth-order valence-corrected chi connectivity index (χ4v) is 2.26. The zero-order chi connectivity index (χ0) is 12.9.